The molecule has 0 radical (unpaired) electrons. The molecule has 3 heteroatoms. The Labute approximate surface area is 70.2 Å². The molecule has 0 fully saturated rings. The number of thiocarbonyl (C=S) groups is 1. The Bertz CT molecular complexity index is 277. The van der Waals surface area contributed by atoms with Gasteiger partial charge in [-0.05, 0) is 24.4 Å². The van der Waals surface area contributed by atoms with Crippen LogP contribution < -0.4 is 0 Å². The first-order valence-corrected chi connectivity index (χ1v) is 3.56. The van der Waals surface area contributed by atoms with Gasteiger partial charge in [-0.1, -0.05) is 12.1 Å². The topological polar surface area (TPSA) is 12.4 Å². The van der Waals surface area contributed by atoms with E-state index in [1.54, 1.807) is 0 Å². The van der Waals surface area contributed by atoms with Crippen LogP contribution in [0.15, 0.2) is 34.2 Å². The predicted octanol–water partition coefficient (Wildman–Crippen LogP) is 2.71. The van der Waals surface area contributed by atoms with Crippen molar-refractivity contribution in [2.75, 3.05) is 0 Å². The smallest absolute Gasteiger partial charge is 0.0872 e. The van der Waals surface area contributed by atoms with Gasteiger partial charge in [-0.15, -0.1) is 12.6 Å². The molecule has 1 aromatic rings. The minimum Gasteiger partial charge on any atom is -0.194 e. The molecule has 0 saturated carbocycles. The molecule has 0 amide bonds. The largest absolute Gasteiger partial charge is 0.194 e. The molecular weight excluding hydrogens is 162 g/mol. The van der Waals surface area contributed by atoms with Crippen LogP contribution in [0.1, 0.15) is 0 Å². The van der Waals surface area contributed by atoms with E-state index in [9.17, 15) is 0 Å². The molecule has 0 aliphatic heterocycles. The van der Waals surface area contributed by atoms with Crippen molar-refractivity contribution in [3.05, 3.63) is 24.3 Å². The molecule has 10 heavy (non-hydrogen) atoms. The number of hydrogen-bond donors (Lipinski definition) is 1. The minimum absolute atomic E-state index is 0.765. The van der Waals surface area contributed by atoms with Crippen molar-refractivity contribution >= 4 is 35.7 Å². The zero-order chi connectivity index (χ0) is 7.40. The highest BCUT2D eigenvalue weighted by atomic mass is 32.1. The summed E-state index contributed by atoms with van der Waals surface area (Å²) in [6, 6.07) is 7.46. The summed E-state index contributed by atoms with van der Waals surface area (Å²) in [6.45, 7) is 0. The molecule has 0 heterocycles. The third-order valence-electron chi connectivity index (χ3n) is 1.05. The fourth-order valence-electron chi connectivity index (χ4n) is 0.608. The highest BCUT2D eigenvalue weighted by Crippen LogP contribution is 2.20. The van der Waals surface area contributed by atoms with Crippen molar-refractivity contribution in [1.82, 2.24) is 0 Å². The summed E-state index contributed by atoms with van der Waals surface area (Å²) in [4.78, 5) is 4.61. The zero-order valence-electron chi connectivity index (χ0n) is 5.11. The molecule has 0 N–H and O–H groups in total. The molecule has 0 saturated heterocycles. The van der Waals surface area contributed by atoms with Gasteiger partial charge in [0.1, 0.15) is 0 Å². The Morgan fingerprint density at radius 2 is 2.10 bits per heavy atom. The molecule has 1 aromatic carbocycles. The van der Waals surface area contributed by atoms with E-state index in [1.807, 2.05) is 24.3 Å². The van der Waals surface area contributed by atoms with Gasteiger partial charge >= 0.3 is 0 Å². The number of isothiocyanates is 1. The maximum absolute atomic E-state index is 4.44. The van der Waals surface area contributed by atoms with Crippen molar-refractivity contribution < 1.29 is 0 Å². The van der Waals surface area contributed by atoms with Crippen molar-refractivity contribution in [2.24, 2.45) is 4.99 Å². The quantitative estimate of drug-likeness (QED) is 0.385. The van der Waals surface area contributed by atoms with Crippen LogP contribution in [-0.4, -0.2) is 5.16 Å². The first-order valence-electron chi connectivity index (χ1n) is 2.70. The standard InChI is InChI=1S/C7H5NS2/c9-5-8-6-3-1-2-4-7(6)10/h1-4,10H. The number of benzene rings is 1. The number of para-hydroxylation sites is 1. The number of rotatable bonds is 1. The Hall–Kier alpha value is -0.630. The second-order valence-electron chi connectivity index (χ2n) is 1.69. The number of thiol groups is 1. The maximum atomic E-state index is 4.44. The fraction of sp³-hybridized carbons (Fsp3) is 0. The van der Waals surface area contributed by atoms with Crippen molar-refractivity contribution in [3.63, 3.8) is 0 Å². The lowest BCUT2D eigenvalue weighted by molar-refractivity contribution is 1.40. The van der Waals surface area contributed by atoms with Crippen LogP contribution >= 0.6 is 24.8 Å². The molecule has 0 aliphatic carbocycles. The SMILES string of the molecule is S=C=Nc1ccccc1S. The first kappa shape index (κ1) is 7.48. The van der Waals surface area contributed by atoms with Gasteiger partial charge in [0.05, 0.1) is 10.8 Å². The van der Waals surface area contributed by atoms with E-state index in [2.05, 4.69) is 35.0 Å². The van der Waals surface area contributed by atoms with Crippen LogP contribution in [-0.2, 0) is 0 Å². The average molecular weight is 167 g/mol. The summed E-state index contributed by atoms with van der Waals surface area (Å²) in [5.74, 6) is 0. The number of aliphatic imine (C=N–C) groups is 1. The molecule has 0 unspecified atom stereocenters. The number of nitrogens with zero attached hydrogens (tertiary/aromatic N) is 1. The van der Waals surface area contributed by atoms with Gasteiger partial charge in [0.2, 0.25) is 0 Å². The summed E-state index contributed by atoms with van der Waals surface area (Å²) in [6.07, 6.45) is 0. The first-order chi connectivity index (χ1) is 4.84. The molecule has 0 atom stereocenters. The van der Waals surface area contributed by atoms with Gasteiger partial charge in [-0.2, -0.15) is 4.99 Å². The second-order valence-corrected chi connectivity index (χ2v) is 2.36. The molecule has 1 nitrogen and oxygen atoms in total. The van der Waals surface area contributed by atoms with Crippen molar-refractivity contribution in [3.8, 4) is 0 Å². The van der Waals surface area contributed by atoms with Crippen molar-refractivity contribution in [2.45, 2.75) is 4.90 Å². The fourth-order valence-corrected chi connectivity index (χ4v) is 0.917. The van der Waals surface area contributed by atoms with E-state index in [4.69, 9.17) is 0 Å². The Morgan fingerprint density at radius 3 is 2.70 bits per heavy atom. The van der Waals surface area contributed by atoms with E-state index in [0.717, 1.165) is 10.6 Å². The molecule has 0 spiro atoms. The summed E-state index contributed by atoms with van der Waals surface area (Å²) in [5.41, 5.74) is 0.765. The van der Waals surface area contributed by atoms with Gasteiger partial charge in [-0.25, -0.2) is 0 Å². The lowest BCUT2D eigenvalue weighted by Crippen LogP contribution is -1.65. The highest BCUT2D eigenvalue weighted by molar-refractivity contribution is 7.80. The Balaban J connectivity index is 3.14. The van der Waals surface area contributed by atoms with E-state index in [1.165, 1.54) is 0 Å². The normalized spacial score (nSPS) is 8.50. The number of hydrogen-bond acceptors (Lipinski definition) is 3. The van der Waals surface area contributed by atoms with Crippen LogP contribution in [0, 0.1) is 0 Å². The zero-order valence-corrected chi connectivity index (χ0v) is 6.82. The average Bonchev–Trinajstić information content (AvgIpc) is 1.94. The van der Waals surface area contributed by atoms with Gasteiger partial charge < -0.3 is 0 Å². The van der Waals surface area contributed by atoms with Crippen molar-refractivity contribution in [1.29, 1.82) is 0 Å². The molecule has 0 aliphatic rings. The lowest BCUT2D eigenvalue weighted by Gasteiger charge is -1.92. The molecular formula is C7H5NS2. The molecule has 1 rings (SSSR count). The van der Waals surface area contributed by atoms with Crippen LogP contribution in [0.4, 0.5) is 5.69 Å². The summed E-state index contributed by atoms with van der Waals surface area (Å²) >= 11 is 8.59. The summed E-state index contributed by atoms with van der Waals surface area (Å²) in [5, 5.41) is 2.28. The highest BCUT2D eigenvalue weighted by Gasteiger charge is 1.90. The van der Waals surface area contributed by atoms with Crippen LogP contribution in [0.25, 0.3) is 0 Å². The predicted molar refractivity (Wildman–Crippen MR) is 48.4 cm³/mol. The van der Waals surface area contributed by atoms with Crippen LogP contribution in [0.5, 0.6) is 0 Å². The molecule has 0 bridgehead atoms. The Morgan fingerprint density at radius 1 is 1.40 bits per heavy atom. The van der Waals surface area contributed by atoms with E-state index in [-0.39, 0.29) is 0 Å². The van der Waals surface area contributed by atoms with E-state index in [0.29, 0.717) is 0 Å². The Kier molecular flexibility index (Phi) is 2.63. The minimum atomic E-state index is 0.765. The van der Waals surface area contributed by atoms with Gasteiger partial charge in [0.25, 0.3) is 0 Å². The third-order valence-corrected chi connectivity index (χ3v) is 1.52. The maximum Gasteiger partial charge on any atom is 0.0872 e. The van der Waals surface area contributed by atoms with Crippen LogP contribution in [0.2, 0.25) is 0 Å². The lowest BCUT2D eigenvalue weighted by atomic mass is 10.3. The van der Waals surface area contributed by atoms with Gasteiger partial charge in [-0.3, -0.25) is 0 Å². The van der Waals surface area contributed by atoms with E-state index >= 15 is 0 Å². The second kappa shape index (κ2) is 3.52. The summed E-state index contributed by atoms with van der Waals surface area (Å²) < 4.78 is 0. The molecule has 0 aromatic heterocycles. The third kappa shape index (κ3) is 1.67. The van der Waals surface area contributed by atoms with Gasteiger partial charge in [0, 0.05) is 4.90 Å². The molecule has 50 valence electrons. The monoisotopic (exact) mass is 167 g/mol. The summed E-state index contributed by atoms with van der Waals surface area (Å²) in [7, 11) is 0. The van der Waals surface area contributed by atoms with Crippen LogP contribution in [0.3, 0.4) is 0 Å². The van der Waals surface area contributed by atoms with Gasteiger partial charge in [0.15, 0.2) is 0 Å². The van der Waals surface area contributed by atoms with E-state index < -0.39 is 0 Å².